The smallest absolute Gasteiger partial charge is 0.335 e. The molecule has 0 N–H and O–H groups in total. The molecule has 0 radical (unpaired) electrons. The SMILES string of the molecule is CCCC[C@@H]1COC(C)C(=O)O1. The fraction of sp³-hybridized carbons (Fsp3) is 0.889. The summed E-state index contributed by atoms with van der Waals surface area (Å²) < 4.78 is 10.4. The maximum Gasteiger partial charge on any atom is 0.335 e. The second-order valence-electron chi connectivity index (χ2n) is 3.18. The van der Waals surface area contributed by atoms with Crippen LogP contribution in [0.2, 0.25) is 0 Å². The third kappa shape index (κ3) is 2.48. The number of esters is 1. The van der Waals surface area contributed by atoms with E-state index in [-0.39, 0.29) is 18.2 Å². The predicted molar refractivity (Wildman–Crippen MR) is 44.8 cm³/mol. The molecule has 0 aromatic rings. The van der Waals surface area contributed by atoms with Crippen molar-refractivity contribution in [1.82, 2.24) is 0 Å². The van der Waals surface area contributed by atoms with Crippen molar-refractivity contribution in [3.05, 3.63) is 0 Å². The van der Waals surface area contributed by atoms with Crippen molar-refractivity contribution < 1.29 is 14.3 Å². The van der Waals surface area contributed by atoms with Gasteiger partial charge < -0.3 is 9.47 Å². The van der Waals surface area contributed by atoms with Gasteiger partial charge in [-0.15, -0.1) is 0 Å². The lowest BCUT2D eigenvalue weighted by Crippen LogP contribution is -2.38. The molecule has 0 saturated carbocycles. The standard InChI is InChI=1S/C9H16O3/c1-3-4-5-8-6-11-7(2)9(10)12-8/h7-8H,3-6H2,1-2H3/t7?,8-/m1/s1. The van der Waals surface area contributed by atoms with Crippen molar-refractivity contribution >= 4 is 5.97 Å². The van der Waals surface area contributed by atoms with E-state index < -0.39 is 0 Å². The van der Waals surface area contributed by atoms with E-state index in [0.717, 1.165) is 19.3 Å². The van der Waals surface area contributed by atoms with Gasteiger partial charge >= 0.3 is 5.97 Å². The molecule has 3 heteroatoms. The molecule has 1 fully saturated rings. The Morgan fingerprint density at radius 3 is 2.92 bits per heavy atom. The molecule has 0 aliphatic carbocycles. The highest BCUT2D eigenvalue weighted by molar-refractivity contribution is 5.74. The number of carbonyl (C=O) groups excluding carboxylic acids is 1. The first-order valence-electron chi connectivity index (χ1n) is 4.56. The largest absolute Gasteiger partial charge is 0.458 e. The van der Waals surface area contributed by atoms with Crippen LogP contribution < -0.4 is 0 Å². The third-order valence-corrected chi connectivity index (χ3v) is 2.03. The summed E-state index contributed by atoms with van der Waals surface area (Å²) in [6.45, 7) is 4.40. The lowest BCUT2D eigenvalue weighted by Gasteiger charge is -2.26. The summed E-state index contributed by atoms with van der Waals surface area (Å²) in [4.78, 5) is 11.0. The molecular formula is C9H16O3. The highest BCUT2D eigenvalue weighted by Gasteiger charge is 2.26. The number of rotatable bonds is 3. The van der Waals surface area contributed by atoms with Gasteiger partial charge in [0, 0.05) is 0 Å². The van der Waals surface area contributed by atoms with Gasteiger partial charge in [0.15, 0.2) is 6.10 Å². The van der Waals surface area contributed by atoms with Gasteiger partial charge in [-0.3, -0.25) is 0 Å². The van der Waals surface area contributed by atoms with Gasteiger partial charge in [-0.05, 0) is 19.8 Å². The zero-order chi connectivity index (χ0) is 8.97. The summed E-state index contributed by atoms with van der Waals surface area (Å²) in [5, 5.41) is 0. The molecule has 1 rings (SSSR count). The van der Waals surface area contributed by atoms with Gasteiger partial charge in [0.05, 0.1) is 6.61 Å². The van der Waals surface area contributed by atoms with Crippen molar-refractivity contribution in [2.75, 3.05) is 6.61 Å². The highest BCUT2D eigenvalue weighted by atomic mass is 16.6. The molecule has 12 heavy (non-hydrogen) atoms. The van der Waals surface area contributed by atoms with Crippen LogP contribution in [0.5, 0.6) is 0 Å². The summed E-state index contributed by atoms with van der Waals surface area (Å²) in [6, 6.07) is 0. The molecule has 1 unspecified atom stereocenters. The molecule has 1 heterocycles. The van der Waals surface area contributed by atoms with Gasteiger partial charge in [0.1, 0.15) is 6.10 Å². The minimum Gasteiger partial charge on any atom is -0.458 e. The van der Waals surface area contributed by atoms with Gasteiger partial charge in [-0.1, -0.05) is 13.3 Å². The first kappa shape index (κ1) is 9.52. The fourth-order valence-corrected chi connectivity index (χ4v) is 1.19. The maximum atomic E-state index is 11.0. The molecule has 0 bridgehead atoms. The van der Waals surface area contributed by atoms with Crippen molar-refractivity contribution in [2.24, 2.45) is 0 Å². The third-order valence-electron chi connectivity index (χ3n) is 2.03. The molecule has 1 aliphatic rings. The average molecular weight is 172 g/mol. The van der Waals surface area contributed by atoms with Crippen molar-refractivity contribution in [3.63, 3.8) is 0 Å². The first-order chi connectivity index (χ1) is 5.74. The molecule has 2 atom stereocenters. The lowest BCUT2D eigenvalue weighted by atomic mass is 10.1. The Kier molecular flexibility index (Phi) is 3.53. The monoisotopic (exact) mass is 172 g/mol. The lowest BCUT2D eigenvalue weighted by molar-refractivity contribution is -0.181. The van der Waals surface area contributed by atoms with Crippen molar-refractivity contribution in [2.45, 2.75) is 45.3 Å². The van der Waals surface area contributed by atoms with Crippen LogP contribution in [0.15, 0.2) is 0 Å². The topological polar surface area (TPSA) is 35.5 Å². The van der Waals surface area contributed by atoms with E-state index in [0.29, 0.717) is 6.61 Å². The van der Waals surface area contributed by atoms with Crippen LogP contribution in [-0.2, 0) is 14.3 Å². The molecule has 3 nitrogen and oxygen atoms in total. The van der Waals surface area contributed by atoms with E-state index in [1.807, 2.05) is 0 Å². The zero-order valence-electron chi connectivity index (χ0n) is 7.71. The van der Waals surface area contributed by atoms with Crippen molar-refractivity contribution in [1.29, 1.82) is 0 Å². The quantitative estimate of drug-likeness (QED) is 0.605. The molecule has 70 valence electrons. The zero-order valence-corrected chi connectivity index (χ0v) is 7.71. The van der Waals surface area contributed by atoms with Gasteiger partial charge in [-0.25, -0.2) is 4.79 Å². The first-order valence-corrected chi connectivity index (χ1v) is 4.56. The average Bonchev–Trinajstić information content (AvgIpc) is 2.07. The van der Waals surface area contributed by atoms with Crippen LogP contribution in [0, 0.1) is 0 Å². The molecule has 0 aromatic carbocycles. The van der Waals surface area contributed by atoms with Crippen LogP contribution in [0.4, 0.5) is 0 Å². The predicted octanol–water partition coefficient (Wildman–Crippen LogP) is 1.51. The molecule has 1 saturated heterocycles. The van der Waals surface area contributed by atoms with E-state index in [1.54, 1.807) is 6.92 Å². The van der Waals surface area contributed by atoms with Gasteiger partial charge in [-0.2, -0.15) is 0 Å². The summed E-state index contributed by atoms with van der Waals surface area (Å²) >= 11 is 0. The number of ether oxygens (including phenoxy) is 2. The molecule has 1 aliphatic heterocycles. The Hall–Kier alpha value is -0.570. The second kappa shape index (κ2) is 4.45. The van der Waals surface area contributed by atoms with E-state index in [1.165, 1.54) is 0 Å². The number of hydrogen-bond donors (Lipinski definition) is 0. The number of carbonyl (C=O) groups is 1. The van der Waals surface area contributed by atoms with E-state index >= 15 is 0 Å². The number of cyclic esters (lactones) is 1. The van der Waals surface area contributed by atoms with Crippen LogP contribution >= 0.6 is 0 Å². The Labute approximate surface area is 73.0 Å². The summed E-state index contributed by atoms with van der Waals surface area (Å²) in [7, 11) is 0. The van der Waals surface area contributed by atoms with E-state index in [9.17, 15) is 4.79 Å². The van der Waals surface area contributed by atoms with Crippen LogP contribution in [0.3, 0.4) is 0 Å². The molecule has 0 aromatic heterocycles. The maximum absolute atomic E-state index is 11.0. The second-order valence-corrected chi connectivity index (χ2v) is 3.18. The van der Waals surface area contributed by atoms with Crippen LogP contribution in [0.1, 0.15) is 33.1 Å². The van der Waals surface area contributed by atoms with Gasteiger partial charge in [0.2, 0.25) is 0 Å². The Bertz CT molecular complexity index is 154. The highest BCUT2D eigenvalue weighted by Crippen LogP contribution is 2.13. The van der Waals surface area contributed by atoms with E-state index in [4.69, 9.17) is 9.47 Å². The fourth-order valence-electron chi connectivity index (χ4n) is 1.19. The Morgan fingerprint density at radius 1 is 1.58 bits per heavy atom. The molecular weight excluding hydrogens is 156 g/mol. The molecule has 0 amide bonds. The van der Waals surface area contributed by atoms with Crippen LogP contribution in [0.25, 0.3) is 0 Å². The summed E-state index contributed by atoms with van der Waals surface area (Å²) in [5.74, 6) is -0.220. The molecule has 0 spiro atoms. The van der Waals surface area contributed by atoms with Gasteiger partial charge in [0.25, 0.3) is 0 Å². The van der Waals surface area contributed by atoms with Crippen molar-refractivity contribution in [3.8, 4) is 0 Å². The number of unbranched alkanes of at least 4 members (excludes halogenated alkanes) is 1. The van der Waals surface area contributed by atoms with Crippen LogP contribution in [-0.4, -0.2) is 24.8 Å². The summed E-state index contributed by atoms with van der Waals surface area (Å²) in [6.07, 6.45) is 2.77. The number of hydrogen-bond acceptors (Lipinski definition) is 3. The normalized spacial score (nSPS) is 30.0. The Morgan fingerprint density at radius 2 is 2.33 bits per heavy atom. The minimum atomic E-state index is -0.372. The minimum absolute atomic E-state index is 0.00588. The Balaban J connectivity index is 2.25. The van der Waals surface area contributed by atoms with E-state index in [2.05, 4.69) is 6.92 Å². The summed E-state index contributed by atoms with van der Waals surface area (Å²) in [5.41, 5.74) is 0.